The minimum atomic E-state index is -0.0725. The summed E-state index contributed by atoms with van der Waals surface area (Å²) >= 11 is 0. The first kappa shape index (κ1) is 13.0. The van der Waals surface area contributed by atoms with Crippen molar-refractivity contribution < 1.29 is 0 Å². The fourth-order valence-corrected chi connectivity index (χ4v) is 2.26. The van der Waals surface area contributed by atoms with Gasteiger partial charge in [0.2, 0.25) is 0 Å². The summed E-state index contributed by atoms with van der Waals surface area (Å²) < 4.78 is 0. The predicted molar refractivity (Wildman–Crippen MR) is 79.0 cm³/mol. The van der Waals surface area contributed by atoms with Crippen molar-refractivity contribution in [3.63, 3.8) is 0 Å². The predicted octanol–water partition coefficient (Wildman–Crippen LogP) is 3.41. The van der Waals surface area contributed by atoms with Crippen LogP contribution in [0.25, 0.3) is 10.9 Å². The molecule has 0 amide bonds. The molecule has 0 radical (unpaired) electrons. The third kappa shape index (κ3) is 3.05. The van der Waals surface area contributed by atoms with Gasteiger partial charge < -0.3 is 16.0 Å². The maximum absolute atomic E-state index is 5.98. The number of nitrogens with one attached hydrogen (secondary N) is 2. The summed E-state index contributed by atoms with van der Waals surface area (Å²) in [6, 6.07) is 8.38. The van der Waals surface area contributed by atoms with Crippen LogP contribution >= 0.6 is 0 Å². The fourth-order valence-electron chi connectivity index (χ4n) is 2.26. The van der Waals surface area contributed by atoms with Crippen LogP contribution in [0.2, 0.25) is 0 Å². The Hall–Kier alpha value is -1.48. The smallest absolute Gasteiger partial charge is 0.0628 e. The molecule has 1 aromatic heterocycles. The summed E-state index contributed by atoms with van der Waals surface area (Å²) in [4.78, 5) is 3.40. The average Bonchev–Trinajstić information content (AvgIpc) is 2.59. The molecule has 18 heavy (non-hydrogen) atoms. The number of hydrogen-bond acceptors (Lipinski definition) is 2. The molecule has 2 aromatic rings. The third-order valence-electron chi connectivity index (χ3n) is 3.19. The van der Waals surface area contributed by atoms with Gasteiger partial charge in [0, 0.05) is 28.7 Å². The zero-order valence-corrected chi connectivity index (χ0v) is 11.5. The second-order valence-electron chi connectivity index (χ2n) is 5.69. The van der Waals surface area contributed by atoms with Crippen LogP contribution in [0, 0.1) is 6.92 Å². The number of nitrogens with two attached hydrogens (primary N) is 1. The summed E-state index contributed by atoms with van der Waals surface area (Å²) in [6.07, 6.45) is 2.11. The van der Waals surface area contributed by atoms with Crippen LogP contribution in [0.5, 0.6) is 0 Å². The largest absolute Gasteiger partial charge is 0.383 e. The number of benzene rings is 1. The number of aromatic nitrogens is 1. The van der Waals surface area contributed by atoms with E-state index >= 15 is 0 Å². The number of aryl methyl sites for hydroxylation is 1. The molecular formula is C15H23N3. The second kappa shape index (κ2) is 5.02. The lowest BCUT2D eigenvalue weighted by Gasteiger charge is -2.18. The monoisotopic (exact) mass is 245 g/mol. The van der Waals surface area contributed by atoms with Gasteiger partial charge in [-0.25, -0.2) is 0 Å². The number of anilines is 1. The van der Waals surface area contributed by atoms with Crippen LogP contribution in [0.1, 0.15) is 32.4 Å². The zero-order chi connectivity index (χ0) is 13.2. The van der Waals surface area contributed by atoms with Crippen LogP contribution in [0.4, 0.5) is 5.69 Å². The molecule has 0 atom stereocenters. The van der Waals surface area contributed by atoms with E-state index in [1.807, 2.05) is 0 Å². The van der Waals surface area contributed by atoms with Crippen LogP contribution in [-0.4, -0.2) is 17.1 Å². The van der Waals surface area contributed by atoms with Crippen molar-refractivity contribution in [2.75, 3.05) is 11.9 Å². The highest BCUT2D eigenvalue weighted by Crippen LogP contribution is 2.26. The highest BCUT2D eigenvalue weighted by molar-refractivity contribution is 5.94. The van der Waals surface area contributed by atoms with Crippen molar-refractivity contribution in [2.24, 2.45) is 5.73 Å². The normalized spacial score (nSPS) is 12.0. The highest BCUT2D eigenvalue weighted by atomic mass is 14.9. The summed E-state index contributed by atoms with van der Waals surface area (Å²) in [7, 11) is 0. The SMILES string of the molecule is Cc1[nH]c2ccccc2c1NCCCC(C)(C)N. The minimum Gasteiger partial charge on any atom is -0.383 e. The Kier molecular flexibility index (Phi) is 3.62. The molecule has 0 fully saturated rings. The number of H-pyrrole nitrogens is 1. The lowest BCUT2D eigenvalue weighted by atomic mass is 10.0. The lowest BCUT2D eigenvalue weighted by molar-refractivity contribution is 0.465. The Morgan fingerprint density at radius 3 is 2.72 bits per heavy atom. The molecule has 98 valence electrons. The summed E-state index contributed by atoms with van der Waals surface area (Å²) in [5.41, 5.74) is 9.52. The van der Waals surface area contributed by atoms with Gasteiger partial charge in [0.25, 0.3) is 0 Å². The van der Waals surface area contributed by atoms with Crippen LogP contribution < -0.4 is 11.1 Å². The van der Waals surface area contributed by atoms with Gasteiger partial charge in [-0.1, -0.05) is 18.2 Å². The van der Waals surface area contributed by atoms with E-state index in [1.54, 1.807) is 0 Å². The summed E-state index contributed by atoms with van der Waals surface area (Å²) in [5, 5.41) is 4.79. The quantitative estimate of drug-likeness (QED) is 0.707. The van der Waals surface area contributed by atoms with E-state index in [0.29, 0.717) is 0 Å². The van der Waals surface area contributed by atoms with Crippen molar-refractivity contribution in [1.29, 1.82) is 0 Å². The van der Waals surface area contributed by atoms with Crippen molar-refractivity contribution in [3.05, 3.63) is 30.0 Å². The average molecular weight is 245 g/mol. The summed E-state index contributed by atoms with van der Waals surface area (Å²) in [5.74, 6) is 0. The van der Waals surface area contributed by atoms with Crippen molar-refractivity contribution in [1.82, 2.24) is 4.98 Å². The van der Waals surface area contributed by atoms with E-state index in [2.05, 4.69) is 55.3 Å². The van der Waals surface area contributed by atoms with Gasteiger partial charge in [0.05, 0.1) is 5.69 Å². The number of para-hydroxylation sites is 1. The summed E-state index contributed by atoms with van der Waals surface area (Å²) in [6.45, 7) is 7.21. The number of aromatic amines is 1. The molecule has 0 saturated heterocycles. The van der Waals surface area contributed by atoms with E-state index < -0.39 is 0 Å². The lowest BCUT2D eigenvalue weighted by Crippen LogP contribution is -2.32. The fraction of sp³-hybridized carbons (Fsp3) is 0.467. The number of rotatable bonds is 5. The van der Waals surface area contributed by atoms with E-state index in [0.717, 1.165) is 19.4 Å². The maximum atomic E-state index is 5.98. The molecule has 4 N–H and O–H groups in total. The van der Waals surface area contributed by atoms with Gasteiger partial charge in [0.15, 0.2) is 0 Å². The third-order valence-corrected chi connectivity index (χ3v) is 3.19. The Morgan fingerprint density at radius 2 is 2.00 bits per heavy atom. The molecule has 1 heterocycles. The number of hydrogen-bond donors (Lipinski definition) is 3. The molecule has 0 saturated carbocycles. The van der Waals surface area contributed by atoms with Crippen LogP contribution in [-0.2, 0) is 0 Å². The number of fused-ring (bicyclic) bond motifs is 1. The van der Waals surface area contributed by atoms with Gasteiger partial charge >= 0.3 is 0 Å². The Morgan fingerprint density at radius 1 is 1.28 bits per heavy atom. The van der Waals surface area contributed by atoms with Gasteiger partial charge in [-0.05, 0) is 39.7 Å². The van der Waals surface area contributed by atoms with E-state index in [1.165, 1.54) is 22.3 Å². The van der Waals surface area contributed by atoms with Crippen LogP contribution in [0.3, 0.4) is 0 Å². The molecule has 2 rings (SSSR count). The van der Waals surface area contributed by atoms with Gasteiger partial charge in [-0.2, -0.15) is 0 Å². The minimum absolute atomic E-state index is 0.0725. The standard InChI is InChI=1S/C15H23N3/c1-11-14(17-10-6-9-15(2,3)16)12-7-4-5-8-13(12)18-11/h4-5,7-8,17-18H,6,9-10,16H2,1-3H3. The van der Waals surface area contributed by atoms with E-state index in [9.17, 15) is 0 Å². The molecule has 0 bridgehead atoms. The van der Waals surface area contributed by atoms with Crippen molar-refractivity contribution in [2.45, 2.75) is 39.2 Å². The molecule has 3 nitrogen and oxygen atoms in total. The van der Waals surface area contributed by atoms with E-state index in [-0.39, 0.29) is 5.54 Å². The van der Waals surface area contributed by atoms with Crippen molar-refractivity contribution in [3.8, 4) is 0 Å². The Bertz CT molecular complexity index is 520. The first-order chi connectivity index (χ1) is 8.47. The van der Waals surface area contributed by atoms with E-state index in [4.69, 9.17) is 5.73 Å². The zero-order valence-electron chi connectivity index (χ0n) is 11.5. The molecule has 0 aliphatic heterocycles. The molecule has 0 unspecified atom stereocenters. The molecule has 3 heteroatoms. The van der Waals surface area contributed by atoms with Gasteiger partial charge in [-0.3, -0.25) is 0 Å². The second-order valence-corrected chi connectivity index (χ2v) is 5.69. The van der Waals surface area contributed by atoms with Crippen molar-refractivity contribution >= 4 is 16.6 Å². The Labute approximate surface area is 109 Å². The molecular weight excluding hydrogens is 222 g/mol. The molecule has 0 aliphatic carbocycles. The van der Waals surface area contributed by atoms with Gasteiger partial charge in [-0.15, -0.1) is 0 Å². The Balaban J connectivity index is 2.01. The van der Waals surface area contributed by atoms with Gasteiger partial charge in [0.1, 0.15) is 0 Å². The van der Waals surface area contributed by atoms with Crippen LogP contribution in [0.15, 0.2) is 24.3 Å². The first-order valence-electron chi connectivity index (χ1n) is 6.57. The molecule has 1 aromatic carbocycles. The highest BCUT2D eigenvalue weighted by Gasteiger charge is 2.10. The first-order valence-corrected chi connectivity index (χ1v) is 6.57. The molecule has 0 aliphatic rings. The maximum Gasteiger partial charge on any atom is 0.0628 e. The topological polar surface area (TPSA) is 53.8 Å². The molecule has 0 spiro atoms.